The van der Waals surface area contributed by atoms with E-state index in [1.807, 2.05) is 12.1 Å². The van der Waals surface area contributed by atoms with Gasteiger partial charge in [0.05, 0.1) is 6.42 Å². The third kappa shape index (κ3) is 6.88. The number of aliphatic carboxylic acids is 2. The average Bonchev–Trinajstić information content (AvgIpc) is 2.63. The minimum atomic E-state index is -2.19. The van der Waals surface area contributed by atoms with Crippen molar-refractivity contribution in [2.24, 2.45) is 0 Å². The minimum Gasteiger partial charge on any atom is -0.481 e. The molecule has 2 rings (SSSR count). The van der Waals surface area contributed by atoms with Crippen molar-refractivity contribution in [3.05, 3.63) is 48.0 Å². The molecule has 0 aliphatic heterocycles. The first kappa shape index (κ1) is 21.3. The average molecular weight is 391 g/mol. The van der Waals surface area contributed by atoms with E-state index in [0.29, 0.717) is 5.75 Å². The quantitative estimate of drug-likeness (QED) is 0.475. The predicted octanol–water partition coefficient (Wildman–Crippen LogP) is 3.97. The summed E-state index contributed by atoms with van der Waals surface area (Å²) in [6.45, 7) is 0. The van der Waals surface area contributed by atoms with Crippen molar-refractivity contribution in [1.29, 1.82) is 0 Å². The highest BCUT2D eigenvalue weighted by molar-refractivity contribution is 7.99. The van der Waals surface area contributed by atoms with Gasteiger partial charge in [-0.1, -0.05) is 55.3 Å². The highest BCUT2D eigenvalue weighted by Crippen LogP contribution is 2.20. The van der Waals surface area contributed by atoms with Crippen molar-refractivity contribution in [3.63, 3.8) is 0 Å². The summed E-state index contributed by atoms with van der Waals surface area (Å²) in [5.41, 5.74) is -0.852. The molecule has 146 valence electrons. The number of hydrogen-bond acceptors (Lipinski definition) is 4. The fourth-order valence-corrected chi connectivity index (χ4v) is 4.08. The van der Waals surface area contributed by atoms with Crippen LogP contribution in [0.4, 0.5) is 0 Å². The third-order valence-electron chi connectivity index (χ3n) is 4.50. The van der Waals surface area contributed by atoms with E-state index in [4.69, 9.17) is 10.2 Å². The van der Waals surface area contributed by atoms with Crippen LogP contribution in [0.3, 0.4) is 0 Å². The molecule has 0 heterocycles. The molecule has 1 atom stereocenters. The van der Waals surface area contributed by atoms with E-state index in [9.17, 15) is 14.7 Å². The van der Waals surface area contributed by atoms with Gasteiger partial charge < -0.3 is 15.3 Å². The molecule has 0 spiro atoms. The molecule has 0 saturated heterocycles. The summed E-state index contributed by atoms with van der Waals surface area (Å²) < 4.78 is 0. The number of carboxylic acids is 2. The molecular formula is C21H26O5S. The normalized spacial score (nSPS) is 13.4. The molecule has 0 saturated carbocycles. The molecule has 6 heteroatoms. The maximum absolute atomic E-state index is 11.1. The molecule has 0 radical (unpaired) electrons. The van der Waals surface area contributed by atoms with E-state index in [0.717, 1.165) is 32.1 Å². The van der Waals surface area contributed by atoms with Crippen LogP contribution < -0.4 is 0 Å². The van der Waals surface area contributed by atoms with Crippen LogP contribution in [-0.2, 0) is 16.0 Å². The van der Waals surface area contributed by atoms with E-state index in [1.165, 1.54) is 28.1 Å². The summed E-state index contributed by atoms with van der Waals surface area (Å²) in [6.07, 6.45) is 4.40. The Kier molecular flexibility index (Phi) is 8.13. The van der Waals surface area contributed by atoms with Crippen LogP contribution in [0, 0.1) is 0 Å². The van der Waals surface area contributed by atoms with Crippen molar-refractivity contribution in [2.45, 2.75) is 44.1 Å². The van der Waals surface area contributed by atoms with E-state index < -0.39 is 24.0 Å². The van der Waals surface area contributed by atoms with Crippen LogP contribution in [0.25, 0.3) is 10.8 Å². The summed E-state index contributed by atoms with van der Waals surface area (Å²) in [7, 11) is 0. The van der Waals surface area contributed by atoms with Gasteiger partial charge in [0, 0.05) is 5.75 Å². The van der Waals surface area contributed by atoms with Crippen molar-refractivity contribution in [3.8, 4) is 0 Å². The Labute approximate surface area is 163 Å². The van der Waals surface area contributed by atoms with E-state index in [2.05, 4.69) is 30.3 Å². The highest BCUT2D eigenvalue weighted by atomic mass is 32.2. The first-order chi connectivity index (χ1) is 12.9. The van der Waals surface area contributed by atoms with Gasteiger partial charge in [0.15, 0.2) is 5.60 Å². The molecule has 0 amide bonds. The number of carboxylic acid groups (broad SMARTS) is 2. The Bertz CT molecular complexity index is 776. The van der Waals surface area contributed by atoms with Crippen LogP contribution in [0.5, 0.6) is 0 Å². The number of rotatable bonds is 12. The van der Waals surface area contributed by atoms with Crippen molar-refractivity contribution in [1.82, 2.24) is 0 Å². The lowest BCUT2D eigenvalue weighted by Crippen LogP contribution is -2.43. The maximum atomic E-state index is 11.1. The first-order valence-electron chi connectivity index (χ1n) is 9.14. The van der Waals surface area contributed by atoms with Gasteiger partial charge in [-0.25, -0.2) is 4.79 Å². The molecule has 0 aromatic heterocycles. The number of carbonyl (C=O) groups is 2. The van der Waals surface area contributed by atoms with Crippen LogP contribution in [0.1, 0.15) is 37.7 Å². The topological polar surface area (TPSA) is 94.8 Å². The van der Waals surface area contributed by atoms with E-state index >= 15 is 0 Å². The van der Waals surface area contributed by atoms with Gasteiger partial charge in [-0.05, 0) is 41.4 Å². The Hall–Kier alpha value is -2.05. The van der Waals surface area contributed by atoms with Crippen molar-refractivity contribution >= 4 is 34.5 Å². The molecule has 0 fully saturated rings. The van der Waals surface area contributed by atoms with Gasteiger partial charge in [-0.3, -0.25) is 4.79 Å². The van der Waals surface area contributed by atoms with Crippen LogP contribution >= 0.6 is 11.8 Å². The number of hydrogen-bond donors (Lipinski definition) is 3. The van der Waals surface area contributed by atoms with Crippen LogP contribution in [0.2, 0.25) is 0 Å². The van der Waals surface area contributed by atoms with Crippen molar-refractivity contribution < 1.29 is 24.9 Å². The molecular weight excluding hydrogens is 364 g/mol. The molecule has 3 N–H and O–H groups in total. The Balaban J connectivity index is 1.61. The fraction of sp³-hybridized carbons (Fsp3) is 0.429. The zero-order valence-electron chi connectivity index (χ0n) is 15.3. The number of fused-ring (bicyclic) bond motifs is 1. The summed E-state index contributed by atoms with van der Waals surface area (Å²) in [4.78, 5) is 21.7. The standard InChI is InChI=1S/C21H26O5S/c22-19(23)14-21(26,20(24)25)15-27-12-6-2-1-3-7-16-10-11-17-8-4-5-9-18(17)13-16/h4-5,8-11,13,26H,1-3,6-7,12,14-15H2,(H,22,23)(H,24,25)/t21-/m0/s1. The molecule has 5 nitrogen and oxygen atoms in total. The minimum absolute atomic E-state index is 0.105. The molecule has 27 heavy (non-hydrogen) atoms. The number of aliphatic hydroxyl groups is 1. The second-order valence-electron chi connectivity index (χ2n) is 6.81. The molecule has 2 aromatic carbocycles. The van der Waals surface area contributed by atoms with E-state index in [-0.39, 0.29) is 5.75 Å². The molecule has 0 unspecified atom stereocenters. The summed E-state index contributed by atoms with van der Waals surface area (Å²) >= 11 is 1.29. The van der Waals surface area contributed by atoms with Crippen LogP contribution in [0.15, 0.2) is 42.5 Å². The first-order valence-corrected chi connectivity index (χ1v) is 10.3. The van der Waals surface area contributed by atoms with Gasteiger partial charge in [-0.2, -0.15) is 11.8 Å². The number of thioether (sulfide) groups is 1. The maximum Gasteiger partial charge on any atom is 0.337 e. The Morgan fingerprint density at radius 1 is 0.926 bits per heavy atom. The largest absolute Gasteiger partial charge is 0.481 e. The Morgan fingerprint density at radius 2 is 1.63 bits per heavy atom. The highest BCUT2D eigenvalue weighted by Gasteiger charge is 2.38. The summed E-state index contributed by atoms with van der Waals surface area (Å²) in [6, 6.07) is 14.9. The second-order valence-corrected chi connectivity index (χ2v) is 7.91. The van der Waals surface area contributed by atoms with Gasteiger partial charge in [0.1, 0.15) is 0 Å². The lowest BCUT2D eigenvalue weighted by Gasteiger charge is -2.20. The van der Waals surface area contributed by atoms with Gasteiger partial charge in [0.2, 0.25) is 0 Å². The van der Waals surface area contributed by atoms with E-state index in [1.54, 1.807) is 0 Å². The zero-order chi connectivity index (χ0) is 19.7. The number of unbranched alkanes of at least 4 members (excludes halogenated alkanes) is 3. The second kappa shape index (κ2) is 10.3. The molecule has 0 aliphatic rings. The van der Waals surface area contributed by atoms with Gasteiger partial charge in [-0.15, -0.1) is 0 Å². The monoisotopic (exact) mass is 390 g/mol. The fourth-order valence-electron chi connectivity index (χ4n) is 2.96. The molecule has 0 aliphatic carbocycles. The van der Waals surface area contributed by atoms with Crippen LogP contribution in [-0.4, -0.2) is 44.4 Å². The summed E-state index contributed by atoms with van der Waals surface area (Å²) in [5.74, 6) is -2.18. The smallest absolute Gasteiger partial charge is 0.337 e. The molecule has 0 bridgehead atoms. The SMILES string of the molecule is O=C(O)C[C@](O)(CSCCCCCCc1ccc2ccccc2c1)C(=O)O. The zero-order valence-corrected chi connectivity index (χ0v) is 16.1. The number of benzene rings is 2. The van der Waals surface area contributed by atoms with Gasteiger partial charge >= 0.3 is 11.9 Å². The number of aryl methyl sites for hydroxylation is 1. The lowest BCUT2D eigenvalue weighted by atomic mass is 10.0. The lowest BCUT2D eigenvalue weighted by molar-refractivity contribution is -0.162. The molecule has 2 aromatic rings. The predicted molar refractivity (Wildman–Crippen MR) is 108 cm³/mol. The summed E-state index contributed by atoms with van der Waals surface area (Å²) in [5, 5.41) is 30.1. The van der Waals surface area contributed by atoms with Gasteiger partial charge in [0.25, 0.3) is 0 Å². The Morgan fingerprint density at radius 3 is 2.33 bits per heavy atom. The van der Waals surface area contributed by atoms with Crippen molar-refractivity contribution in [2.75, 3.05) is 11.5 Å². The third-order valence-corrected chi connectivity index (χ3v) is 5.76.